The minimum absolute atomic E-state index is 0.00966. The van der Waals surface area contributed by atoms with Crippen LogP contribution in [0.3, 0.4) is 0 Å². The highest BCUT2D eigenvalue weighted by Crippen LogP contribution is 2.66. The van der Waals surface area contributed by atoms with E-state index in [0.717, 1.165) is 24.3 Å². The molecule has 40 heteroatoms. The standard InChI is InChI=1S/C52H44F34O4S2/c1-6-8-9-27-18-25(4)33(31(20-27)22-91-16-14-37(53,54)39(57,58)41(61,62)43(65,66)45(69,70)47(73,74)49(77,78)51(81,82)83)89-35(87)28-10-12-29(13-11-28)36(88)90-34-26(5)19-30(24(3)7-2)21-32(34)23-92-17-15-38(55,56)40(59,60)42(63,64)44(67,68)46(71,72)48(75,76)50(79,80)52(84,85)86/h10-13,18-21,24H,6-9,14-17,22-23H2,1-5H3. The Bertz CT molecular complexity index is 3060. The summed E-state index contributed by atoms with van der Waals surface area (Å²) >= 11 is 0.0229. The molecule has 3 aromatic carbocycles. The minimum atomic E-state index is -8.82. The van der Waals surface area contributed by atoms with E-state index in [2.05, 4.69) is 0 Å². The number of rotatable bonds is 31. The Morgan fingerprint density at radius 3 is 1.01 bits per heavy atom. The molecule has 0 saturated heterocycles. The number of hydrogen-bond donors (Lipinski definition) is 0. The van der Waals surface area contributed by atoms with Crippen LogP contribution in [0.2, 0.25) is 0 Å². The number of esters is 2. The van der Waals surface area contributed by atoms with Crippen LogP contribution in [0.25, 0.3) is 0 Å². The molecule has 3 rings (SSSR count). The highest BCUT2D eigenvalue weighted by atomic mass is 32.2. The van der Waals surface area contributed by atoms with Gasteiger partial charge in [-0.2, -0.15) is 173 Å². The Kier molecular flexibility index (Phi) is 23.7. The number of aryl methyl sites for hydroxylation is 3. The lowest BCUT2D eigenvalue weighted by Gasteiger charge is -2.42. The van der Waals surface area contributed by atoms with Gasteiger partial charge in [0.2, 0.25) is 0 Å². The highest BCUT2D eigenvalue weighted by Gasteiger charge is 2.97. The number of unbranched alkanes of at least 4 members (excludes halogenated alkanes) is 1. The van der Waals surface area contributed by atoms with Crippen LogP contribution in [0.4, 0.5) is 149 Å². The largest absolute Gasteiger partial charge is 0.460 e. The van der Waals surface area contributed by atoms with Crippen LogP contribution in [0.15, 0.2) is 48.5 Å². The van der Waals surface area contributed by atoms with Crippen molar-refractivity contribution in [1.82, 2.24) is 0 Å². The topological polar surface area (TPSA) is 52.6 Å². The normalized spacial score (nSPS) is 15.0. The van der Waals surface area contributed by atoms with Gasteiger partial charge in [0.1, 0.15) is 11.5 Å². The molecule has 92 heavy (non-hydrogen) atoms. The first-order chi connectivity index (χ1) is 41.0. The van der Waals surface area contributed by atoms with Crippen molar-refractivity contribution in [3.63, 3.8) is 0 Å². The Labute approximate surface area is 504 Å². The number of ether oxygens (including phenoxy) is 2. The maximum Gasteiger partial charge on any atom is 0.460 e. The van der Waals surface area contributed by atoms with Gasteiger partial charge in [0.25, 0.3) is 0 Å². The van der Waals surface area contributed by atoms with Gasteiger partial charge < -0.3 is 9.47 Å². The number of thioether (sulfide) groups is 2. The van der Waals surface area contributed by atoms with Crippen LogP contribution >= 0.6 is 23.5 Å². The van der Waals surface area contributed by atoms with Gasteiger partial charge in [-0.3, -0.25) is 0 Å². The predicted molar refractivity (Wildman–Crippen MR) is 259 cm³/mol. The van der Waals surface area contributed by atoms with Crippen molar-refractivity contribution in [3.8, 4) is 11.5 Å². The number of carbonyl (C=O) groups is 2. The van der Waals surface area contributed by atoms with E-state index in [9.17, 15) is 159 Å². The maximum absolute atomic E-state index is 14.7. The average Bonchev–Trinajstić information content (AvgIpc) is 0.703. The van der Waals surface area contributed by atoms with Crippen molar-refractivity contribution >= 4 is 35.5 Å². The van der Waals surface area contributed by atoms with Crippen LogP contribution in [0.5, 0.6) is 11.5 Å². The number of benzene rings is 3. The number of carbonyl (C=O) groups excluding carboxylic acids is 2. The lowest BCUT2D eigenvalue weighted by Crippen LogP contribution is -2.74. The number of hydrogen-bond acceptors (Lipinski definition) is 6. The molecule has 0 saturated carbocycles. The molecule has 0 heterocycles. The zero-order chi connectivity index (χ0) is 72.1. The van der Waals surface area contributed by atoms with Crippen molar-refractivity contribution in [2.75, 3.05) is 11.5 Å². The van der Waals surface area contributed by atoms with E-state index in [4.69, 9.17) is 9.47 Å². The molecular weight excluding hydrogens is 1400 g/mol. The summed E-state index contributed by atoms with van der Waals surface area (Å²) in [5.41, 5.74) is -0.561. The third-order valence-corrected chi connectivity index (χ3v) is 15.8. The summed E-state index contributed by atoms with van der Waals surface area (Å²) in [4.78, 5) is 27.0. The van der Waals surface area contributed by atoms with Crippen molar-refractivity contribution in [2.45, 2.75) is 186 Å². The van der Waals surface area contributed by atoms with Crippen molar-refractivity contribution in [2.24, 2.45) is 0 Å². The van der Waals surface area contributed by atoms with E-state index < -0.39 is 172 Å². The van der Waals surface area contributed by atoms with Crippen LogP contribution in [-0.4, -0.2) is 119 Å². The molecule has 0 radical (unpaired) electrons. The zero-order valence-electron chi connectivity index (χ0n) is 46.6. The lowest BCUT2D eigenvalue weighted by molar-refractivity contribution is -0.461. The van der Waals surface area contributed by atoms with Crippen LogP contribution < -0.4 is 9.47 Å². The fourth-order valence-corrected chi connectivity index (χ4v) is 9.83. The first-order valence-electron chi connectivity index (χ1n) is 25.4. The minimum Gasteiger partial charge on any atom is -0.422 e. The molecule has 0 aliphatic carbocycles. The van der Waals surface area contributed by atoms with Gasteiger partial charge in [0, 0.05) is 35.5 Å². The summed E-state index contributed by atoms with van der Waals surface area (Å²) in [6.07, 6.45) is -19.9. The smallest absolute Gasteiger partial charge is 0.422 e. The molecule has 0 amide bonds. The molecule has 526 valence electrons. The van der Waals surface area contributed by atoms with Gasteiger partial charge in [-0.05, 0) is 97.1 Å². The Morgan fingerprint density at radius 1 is 0.413 bits per heavy atom. The van der Waals surface area contributed by atoms with Gasteiger partial charge in [-0.1, -0.05) is 51.5 Å². The Balaban J connectivity index is 1.88. The summed E-state index contributed by atoms with van der Waals surface area (Å²) in [5.74, 6) is -124. The number of halogens is 34. The van der Waals surface area contributed by atoms with Crippen LogP contribution in [-0.2, 0) is 17.9 Å². The molecule has 0 N–H and O–H groups in total. The quantitative estimate of drug-likeness (QED) is 0.0277. The van der Waals surface area contributed by atoms with E-state index in [1.54, 1.807) is 20.8 Å². The molecule has 0 aliphatic heterocycles. The average molecular weight is 1440 g/mol. The summed E-state index contributed by atoms with van der Waals surface area (Å²) in [5, 5.41) is 0. The van der Waals surface area contributed by atoms with E-state index >= 15 is 0 Å². The monoisotopic (exact) mass is 1440 g/mol. The molecule has 0 aliphatic rings. The molecule has 4 nitrogen and oxygen atoms in total. The van der Waals surface area contributed by atoms with Gasteiger partial charge >= 0.3 is 107 Å². The van der Waals surface area contributed by atoms with Crippen molar-refractivity contribution in [3.05, 3.63) is 93.0 Å². The molecule has 1 unspecified atom stereocenters. The van der Waals surface area contributed by atoms with Gasteiger partial charge in [0.05, 0.1) is 11.1 Å². The summed E-state index contributed by atoms with van der Waals surface area (Å²) < 4.78 is 481. The summed E-state index contributed by atoms with van der Waals surface area (Å²) in [6.45, 7) is 7.48. The Morgan fingerprint density at radius 2 is 0.707 bits per heavy atom. The van der Waals surface area contributed by atoms with E-state index in [0.29, 0.717) is 30.4 Å². The third kappa shape index (κ3) is 14.2. The second-order valence-corrected chi connectivity index (χ2v) is 22.6. The van der Waals surface area contributed by atoms with Crippen molar-refractivity contribution in [1.29, 1.82) is 0 Å². The third-order valence-electron chi connectivity index (χ3n) is 13.7. The molecule has 0 spiro atoms. The summed E-state index contributed by atoms with van der Waals surface area (Å²) in [7, 11) is 0. The highest BCUT2D eigenvalue weighted by molar-refractivity contribution is 7.98. The van der Waals surface area contributed by atoms with E-state index in [-0.39, 0.29) is 52.2 Å². The second-order valence-electron chi connectivity index (χ2n) is 20.4. The van der Waals surface area contributed by atoms with Crippen LogP contribution in [0.1, 0.15) is 113 Å². The van der Waals surface area contributed by atoms with E-state index in [1.807, 2.05) is 0 Å². The molecule has 0 aromatic heterocycles. The fraction of sp³-hybridized carbons (Fsp3) is 0.615. The maximum atomic E-state index is 14.7. The lowest BCUT2D eigenvalue weighted by atomic mass is 9.88. The molecule has 1 atom stereocenters. The summed E-state index contributed by atoms with van der Waals surface area (Å²) in [6, 6.07) is 8.69. The zero-order valence-corrected chi connectivity index (χ0v) is 48.2. The first kappa shape index (κ1) is 81.2. The molecule has 0 fully saturated rings. The molecule has 3 aromatic rings. The van der Waals surface area contributed by atoms with E-state index in [1.165, 1.54) is 38.1 Å². The van der Waals surface area contributed by atoms with Crippen LogP contribution in [0, 0.1) is 13.8 Å². The fourth-order valence-electron chi connectivity index (χ4n) is 7.87. The first-order valence-corrected chi connectivity index (χ1v) is 27.7. The van der Waals surface area contributed by atoms with Gasteiger partial charge in [-0.25, -0.2) is 9.59 Å². The predicted octanol–water partition coefficient (Wildman–Crippen LogP) is 20.9. The Hall–Kier alpha value is -5.08. The van der Waals surface area contributed by atoms with Crippen molar-refractivity contribution < 1.29 is 168 Å². The molecule has 0 bridgehead atoms. The van der Waals surface area contributed by atoms with Gasteiger partial charge in [-0.15, -0.1) is 0 Å². The van der Waals surface area contributed by atoms with Gasteiger partial charge in [0.15, 0.2) is 0 Å². The SMILES string of the molecule is CCCCc1cc(C)c(OC(=O)c2ccc(C(=O)Oc3c(C)cc(C(C)CC)cc3CSCCC(F)(F)C(F)(F)C(F)(F)C(F)(F)C(F)(F)C(F)(F)C(F)(F)C(F)(F)F)cc2)c(CSCCC(F)(F)C(F)(F)C(F)(F)C(F)(F)C(F)(F)C(F)(F)C(F)(F)C(F)(F)F)c1. The number of alkyl halides is 34. The molecular formula is C52H44F34O4S2. The second kappa shape index (κ2) is 26.8.